The molecule has 0 radical (unpaired) electrons. The van der Waals surface area contributed by atoms with Crippen molar-refractivity contribution in [2.24, 2.45) is 0 Å². The van der Waals surface area contributed by atoms with E-state index < -0.39 is 0 Å². The number of carbonyl (C=O) groups excluding carboxylic acids is 1. The molecule has 0 aliphatic heterocycles. The number of pyridine rings is 1. The van der Waals surface area contributed by atoms with E-state index in [1.165, 1.54) is 6.33 Å². The normalized spacial score (nSPS) is 11.1. The zero-order chi connectivity index (χ0) is 21.2. The van der Waals surface area contributed by atoms with Gasteiger partial charge in [0.05, 0.1) is 11.0 Å². The minimum atomic E-state index is -0.0894. The zero-order valence-corrected chi connectivity index (χ0v) is 16.6. The molecular formula is C24H18N6O. The van der Waals surface area contributed by atoms with Crippen LogP contribution in [0.2, 0.25) is 0 Å². The van der Waals surface area contributed by atoms with Crippen molar-refractivity contribution >= 4 is 33.5 Å². The van der Waals surface area contributed by atoms with Crippen LogP contribution in [-0.2, 0) is 6.42 Å². The number of para-hydroxylation sites is 2. The maximum atomic E-state index is 13.2. The van der Waals surface area contributed by atoms with Crippen molar-refractivity contribution in [1.82, 2.24) is 24.9 Å². The van der Waals surface area contributed by atoms with Gasteiger partial charge in [-0.1, -0.05) is 42.5 Å². The van der Waals surface area contributed by atoms with Crippen LogP contribution in [0.4, 0.5) is 5.95 Å². The van der Waals surface area contributed by atoms with E-state index in [9.17, 15) is 4.79 Å². The summed E-state index contributed by atoms with van der Waals surface area (Å²) in [5.74, 6) is -0.0273. The molecular weight excluding hydrogens is 388 g/mol. The number of carbonyl (C=O) groups is 1. The molecule has 7 nitrogen and oxygen atoms in total. The molecule has 5 aromatic rings. The zero-order valence-electron chi connectivity index (χ0n) is 16.6. The Morgan fingerprint density at radius 3 is 2.58 bits per heavy atom. The van der Waals surface area contributed by atoms with E-state index in [-0.39, 0.29) is 11.7 Å². The number of Topliss-reactive ketones (excluding diaryl/α,β-unsaturated/α-hetero) is 1. The molecule has 2 N–H and O–H groups in total. The van der Waals surface area contributed by atoms with Crippen LogP contribution >= 0.6 is 0 Å². The van der Waals surface area contributed by atoms with Gasteiger partial charge in [0, 0.05) is 46.9 Å². The summed E-state index contributed by atoms with van der Waals surface area (Å²) >= 11 is 0. The summed E-state index contributed by atoms with van der Waals surface area (Å²) in [6.45, 7) is 0. The van der Waals surface area contributed by atoms with Crippen molar-refractivity contribution in [3.8, 4) is 11.1 Å². The lowest BCUT2D eigenvalue weighted by molar-refractivity contribution is 0.0980. The minimum Gasteiger partial charge on any atom is -0.368 e. The third kappa shape index (κ3) is 3.57. The predicted molar refractivity (Wildman–Crippen MR) is 119 cm³/mol. The van der Waals surface area contributed by atoms with E-state index in [1.807, 2.05) is 48.5 Å². The van der Waals surface area contributed by atoms with Crippen molar-refractivity contribution in [1.29, 1.82) is 0 Å². The molecule has 0 aliphatic carbocycles. The molecule has 2 aromatic carbocycles. The van der Waals surface area contributed by atoms with Crippen molar-refractivity contribution in [3.05, 3.63) is 84.7 Å². The standard InChI is InChI=1S/C24H18N6O/c25-24-29-22-18(17-12-26-14-27-13-17)7-2-8-19(22)23(30-24)20(31)10-9-16-5-1-4-15-6-3-11-28-21(15)16/h1-8,11-14H,9-10H2,(H2,25,29,30). The molecule has 0 fully saturated rings. The number of nitrogens with two attached hydrogens (primary N) is 1. The molecule has 3 aromatic heterocycles. The topological polar surface area (TPSA) is 108 Å². The Morgan fingerprint density at radius 2 is 1.71 bits per heavy atom. The van der Waals surface area contributed by atoms with Crippen molar-refractivity contribution in [3.63, 3.8) is 0 Å². The Hall–Kier alpha value is -4.26. The summed E-state index contributed by atoms with van der Waals surface area (Å²) in [4.78, 5) is 34.5. The maximum absolute atomic E-state index is 13.2. The molecule has 0 saturated carbocycles. The number of nitrogens with zero attached hydrogens (tertiary/aromatic N) is 5. The minimum absolute atomic E-state index is 0.0620. The summed E-state index contributed by atoms with van der Waals surface area (Å²) in [7, 11) is 0. The lowest BCUT2D eigenvalue weighted by Crippen LogP contribution is -2.09. The number of aryl methyl sites for hydroxylation is 1. The Kier molecular flexibility index (Phi) is 4.76. The van der Waals surface area contributed by atoms with Crippen LogP contribution in [0, 0.1) is 0 Å². The lowest BCUT2D eigenvalue weighted by atomic mass is 9.99. The number of fused-ring (bicyclic) bond motifs is 2. The van der Waals surface area contributed by atoms with Crippen molar-refractivity contribution < 1.29 is 4.79 Å². The maximum Gasteiger partial charge on any atom is 0.221 e. The predicted octanol–water partition coefficient (Wildman–Crippen LogP) is 4.03. The lowest BCUT2D eigenvalue weighted by Gasteiger charge is -2.10. The molecule has 0 saturated heterocycles. The molecule has 150 valence electrons. The highest BCUT2D eigenvalue weighted by atomic mass is 16.1. The molecule has 0 unspecified atom stereocenters. The summed E-state index contributed by atoms with van der Waals surface area (Å²) in [6, 6.07) is 15.5. The molecule has 5 rings (SSSR count). The van der Waals surface area contributed by atoms with Crippen LogP contribution in [0.3, 0.4) is 0 Å². The Labute approximate surface area is 178 Å². The summed E-state index contributed by atoms with van der Waals surface area (Å²) < 4.78 is 0. The second kappa shape index (κ2) is 7.87. The van der Waals surface area contributed by atoms with E-state index >= 15 is 0 Å². The third-order valence-electron chi connectivity index (χ3n) is 5.22. The third-order valence-corrected chi connectivity index (χ3v) is 5.22. The van der Waals surface area contributed by atoms with E-state index in [1.54, 1.807) is 18.6 Å². The number of benzene rings is 2. The van der Waals surface area contributed by atoms with Gasteiger partial charge in [-0.05, 0) is 18.1 Å². The number of anilines is 1. The fourth-order valence-corrected chi connectivity index (χ4v) is 3.79. The van der Waals surface area contributed by atoms with Gasteiger partial charge < -0.3 is 5.73 Å². The van der Waals surface area contributed by atoms with Gasteiger partial charge >= 0.3 is 0 Å². The van der Waals surface area contributed by atoms with Gasteiger partial charge in [0.2, 0.25) is 5.95 Å². The van der Waals surface area contributed by atoms with Gasteiger partial charge in [-0.2, -0.15) is 0 Å². The van der Waals surface area contributed by atoms with E-state index in [0.29, 0.717) is 29.4 Å². The number of rotatable bonds is 5. The van der Waals surface area contributed by atoms with E-state index in [4.69, 9.17) is 5.73 Å². The molecule has 0 spiro atoms. The van der Waals surface area contributed by atoms with Crippen LogP contribution in [0.25, 0.3) is 32.9 Å². The van der Waals surface area contributed by atoms with Crippen LogP contribution < -0.4 is 5.73 Å². The van der Waals surface area contributed by atoms with Gasteiger partial charge in [-0.25, -0.2) is 19.9 Å². The molecule has 7 heteroatoms. The molecule has 0 amide bonds. The largest absolute Gasteiger partial charge is 0.368 e. The second-order valence-corrected chi connectivity index (χ2v) is 7.17. The first-order valence-electron chi connectivity index (χ1n) is 9.88. The average Bonchev–Trinajstić information content (AvgIpc) is 2.82. The van der Waals surface area contributed by atoms with Gasteiger partial charge in [-0.15, -0.1) is 0 Å². The summed E-state index contributed by atoms with van der Waals surface area (Å²) in [5.41, 5.74) is 10.5. The Balaban J connectivity index is 1.52. The molecule has 3 heterocycles. The summed E-state index contributed by atoms with van der Waals surface area (Å²) in [6.07, 6.45) is 7.49. The molecule has 0 bridgehead atoms. The fraction of sp³-hybridized carbons (Fsp3) is 0.0833. The number of hydrogen-bond donors (Lipinski definition) is 1. The Morgan fingerprint density at radius 1 is 0.903 bits per heavy atom. The number of aromatic nitrogens is 5. The molecule has 31 heavy (non-hydrogen) atoms. The van der Waals surface area contributed by atoms with Crippen molar-refractivity contribution in [2.45, 2.75) is 12.8 Å². The smallest absolute Gasteiger partial charge is 0.221 e. The number of hydrogen-bond acceptors (Lipinski definition) is 7. The van der Waals surface area contributed by atoms with Gasteiger partial charge in [-0.3, -0.25) is 9.78 Å². The van der Waals surface area contributed by atoms with Crippen LogP contribution in [0.1, 0.15) is 22.5 Å². The highest BCUT2D eigenvalue weighted by molar-refractivity contribution is 6.09. The van der Waals surface area contributed by atoms with Crippen LogP contribution in [0.15, 0.2) is 73.4 Å². The fourth-order valence-electron chi connectivity index (χ4n) is 3.79. The van der Waals surface area contributed by atoms with E-state index in [2.05, 4.69) is 24.9 Å². The first-order chi connectivity index (χ1) is 15.2. The van der Waals surface area contributed by atoms with Crippen LogP contribution in [-0.4, -0.2) is 30.7 Å². The first kappa shape index (κ1) is 18.7. The monoisotopic (exact) mass is 406 g/mol. The highest BCUT2D eigenvalue weighted by Gasteiger charge is 2.17. The Bertz CT molecular complexity index is 1410. The first-order valence-corrected chi connectivity index (χ1v) is 9.88. The number of ketones is 1. The highest BCUT2D eigenvalue weighted by Crippen LogP contribution is 2.29. The van der Waals surface area contributed by atoms with Gasteiger partial charge in [0.15, 0.2) is 5.78 Å². The van der Waals surface area contributed by atoms with Gasteiger partial charge in [0.25, 0.3) is 0 Å². The molecule has 0 atom stereocenters. The SMILES string of the molecule is Nc1nc(C(=O)CCc2cccc3cccnc23)c2cccc(-c3cncnc3)c2n1. The van der Waals surface area contributed by atoms with E-state index in [0.717, 1.165) is 27.6 Å². The molecule has 0 aliphatic rings. The second-order valence-electron chi connectivity index (χ2n) is 7.17. The summed E-state index contributed by atoms with van der Waals surface area (Å²) in [5, 5.41) is 1.72. The quantitative estimate of drug-likeness (QED) is 0.439. The number of nitrogen functional groups attached to an aromatic ring is 1. The average molecular weight is 406 g/mol. The van der Waals surface area contributed by atoms with Crippen LogP contribution in [0.5, 0.6) is 0 Å². The van der Waals surface area contributed by atoms with Gasteiger partial charge in [0.1, 0.15) is 12.0 Å². The van der Waals surface area contributed by atoms with Crippen molar-refractivity contribution in [2.75, 3.05) is 5.73 Å².